The molecule has 6 nitrogen and oxygen atoms in total. The van der Waals surface area contributed by atoms with E-state index in [1.165, 1.54) is 148 Å². The van der Waals surface area contributed by atoms with Crippen molar-refractivity contribution in [3.63, 3.8) is 0 Å². The van der Waals surface area contributed by atoms with Crippen LogP contribution in [0.25, 0.3) is 0 Å². The first kappa shape index (κ1) is 65.6. The van der Waals surface area contributed by atoms with E-state index in [1.807, 2.05) is 24.3 Å². The molecule has 0 aliphatic carbocycles. The molecule has 0 aromatic carbocycles. The van der Waals surface area contributed by atoms with Crippen LogP contribution in [0.4, 0.5) is 0 Å². The molecular weight excluding hydrogens is 853 g/mol. The van der Waals surface area contributed by atoms with Crippen molar-refractivity contribution in [2.24, 2.45) is 0 Å². The molecule has 0 heterocycles. The third kappa shape index (κ3) is 55.4. The minimum atomic E-state index is -0.794. The lowest BCUT2D eigenvalue weighted by atomic mass is 10.1. The monoisotopic (exact) mass is 961 g/mol. The van der Waals surface area contributed by atoms with Crippen LogP contribution >= 0.6 is 0 Å². The second kappa shape index (κ2) is 57.2. The molecule has 0 rings (SSSR count). The SMILES string of the molecule is CCC\C=C/C=C\C=C/C=C\C=C/CCCCCCCC(=O)OCC(COC(=O)CCCCCCC/C=C\CCCCCCCCC)OC(=O)CCCCCCCCC/C=C\CCCCCCCC. The predicted molar refractivity (Wildman–Crippen MR) is 297 cm³/mol. The van der Waals surface area contributed by atoms with Crippen LogP contribution in [0.2, 0.25) is 0 Å². The second-order valence-electron chi connectivity index (χ2n) is 19.3. The van der Waals surface area contributed by atoms with E-state index in [-0.39, 0.29) is 31.1 Å². The first-order valence-electron chi connectivity index (χ1n) is 29.2. The van der Waals surface area contributed by atoms with Crippen molar-refractivity contribution < 1.29 is 28.6 Å². The molecule has 0 aromatic heterocycles. The number of unbranched alkanes of at least 4 members (excludes halogenated alkanes) is 31. The summed E-state index contributed by atoms with van der Waals surface area (Å²) in [7, 11) is 0. The highest BCUT2D eigenvalue weighted by Crippen LogP contribution is 2.15. The molecule has 0 aliphatic rings. The van der Waals surface area contributed by atoms with Crippen LogP contribution in [-0.4, -0.2) is 37.2 Å². The zero-order valence-electron chi connectivity index (χ0n) is 45.3. The average molecular weight is 962 g/mol. The van der Waals surface area contributed by atoms with Gasteiger partial charge in [-0.2, -0.15) is 0 Å². The molecule has 0 fully saturated rings. The summed E-state index contributed by atoms with van der Waals surface area (Å²) < 4.78 is 16.9. The summed E-state index contributed by atoms with van der Waals surface area (Å²) >= 11 is 0. The highest BCUT2D eigenvalue weighted by Gasteiger charge is 2.19. The average Bonchev–Trinajstić information content (AvgIpc) is 3.35. The number of ether oxygens (including phenoxy) is 3. The standard InChI is InChI=1S/C63H108O6/c1-4-7-10-13-16-19-22-25-28-31-33-35-38-41-44-47-50-53-56-62(65)68-59-60(58-67-61(64)55-52-49-46-43-40-37-34-30-27-24-21-18-15-12-9-6-3)69-63(66)57-54-51-48-45-42-39-36-32-29-26-23-20-17-14-11-8-5-2/h10,13,16,19,22,25-26,28-31,33-35,60H,4-9,11-12,14-15,17-18,20-21,23-24,27,32,36-59H2,1-3H3/b13-10-,19-16-,25-22-,29-26-,31-28-,34-30-,35-33-. The molecule has 0 spiro atoms. The first-order chi connectivity index (χ1) is 34.0. The number of hydrogen-bond acceptors (Lipinski definition) is 6. The number of allylic oxidation sites excluding steroid dienone is 14. The lowest BCUT2D eigenvalue weighted by molar-refractivity contribution is -0.167. The van der Waals surface area contributed by atoms with Gasteiger partial charge in [-0.3, -0.25) is 14.4 Å². The predicted octanol–water partition coefficient (Wildman–Crippen LogP) is 19.5. The topological polar surface area (TPSA) is 78.9 Å². The Hall–Kier alpha value is -3.41. The van der Waals surface area contributed by atoms with Gasteiger partial charge in [0, 0.05) is 19.3 Å². The Kier molecular flexibility index (Phi) is 54.3. The number of carbonyl (C=O) groups excluding carboxylic acids is 3. The van der Waals surface area contributed by atoms with Crippen LogP contribution in [0, 0.1) is 0 Å². The van der Waals surface area contributed by atoms with Gasteiger partial charge in [-0.1, -0.05) is 254 Å². The fraction of sp³-hybridized carbons (Fsp3) is 0.730. The molecule has 1 unspecified atom stereocenters. The number of carbonyl (C=O) groups is 3. The van der Waals surface area contributed by atoms with Gasteiger partial charge in [-0.15, -0.1) is 0 Å². The maximum Gasteiger partial charge on any atom is 0.306 e. The molecule has 0 saturated carbocycles. The molecule has 0 aromatic rings. The highest BCUT2D eigenvalue weighted by molar-refractivity contribution is 5.71. The lowest BCUT2D eigenvalue weighted by Crippen LogP contribution is -2.30. The highest BCUT2D eigenvalue weighted by atomic mass is 16.6. The van der Waals surface area contributed by atoms with Crippen molar-refractivity contribution in [3.8, 4) is 0 Å². The minimum absolute atomic E-state index is 0.0907. The van der Waals surface area contributed by atoms with Gasteiger partial charge in [0.05, 0.1) is 0 Å². The zero-order chi connectivity index (χ0) is 50.0. The van der Waals surface area contributed by atoms with Gasteiger partial charge in [0.25, 0.3) is 0 Å². The van der Waals surface area contributed by atoms with E-state index in [2.05, 4.69) is 81.5 Å². The summed E-state index contributed by atoms with van der Waals surface area (Å²) in [6.07, 6.45) is 74.2. The van der Waals surface area contributed by atoms with Crippen LogP contribution in [0.3, 0.4) is 0 Å². The van der Waals surface area contributed by atoms with Crippen LogP contribution in [0.5, 0.6) is 0 Å². The van der Waals surface area contributed by atoms with E-state index < -0.39 is 6.10 Å². The van der Waals surface area contributed by atoms with Gasteiger partial charge >= 0.3 is 17.9 Å². The Balaban J connectivity index is 4.46. The van der Waals surface area contributed by atoms with E-state index in [4.69, 9.17) is 14.2 Å². The van der Waals surface area contributed by atoms with Crippen molar-refractivity contribution in [2.45, 2.75) is 284 Å². The quantitative estimate of drug-likeness (QED) is 0.0199. The molecule has 0 amide bonds. The van der Waals surface area contributed by atoms with Crippen LogP contribution in [0.15, 0.2) is 85.1 Å². The van der Waals surface area contributed by atoms with Gasteiger partial charge in [-0.05, 0) is 89.9 Å². The number of esters is 3. The summed E-state index contributed by atoms with van der Waals surface area (Å²) in [5.41, 5.74) is 0. The lowest BCUT2D eigenvalue weighted by Gasteiger charge is -2.18. The van der Waals surface area contributed by atoms with Crippen LogP contribution in [0.1, 0.15) is 278 Å². The fourth-order valence-corrected chi connectivity index (χ4v) is 8.05. The van der Waals surface area contributed by atoms with E-state index in [9.17, 15) is 14.4 Å². The van der Waals surface area contributed by atoms with Crippen molar-refractivity contribution >= 4 is 17.9 Å². The smallest absolute Gasteiger partial charge is 0.306 e. The normalized spacial score (nSPS) is 12.7. The molecule has 396 valence electrons. The maximum absolute atomic E-state index is 12.9. The Morgan fingerprint density at radius 1 is 0.290 bits per heavy atom. The van der Waals surface area contributed by atoms with Gasteiger partial charge in [0.1, 0.15) is 13.2 Å². The Morgan fingerprint density at radius 2 is 0.565 bits per heavy atom. The third-order valence-corrected chi connectivity index (χ3v) is 12.5. The van der Waals surface area contributed by atoms with Gasteiger partial charge < -0.3 is 14.2 Å². The summed E-state index contributed by atoms with van der Waals surface area (Å²) in [5, 5.41) is 0. The van der Waals surface area contributed by atoms with Gasteiger partial charge in [-0.25, -0.2) is 0 Å². The summed E-state index contributed by atoms with van der Waals surface area (Å²) in [4.78, 5) is 38.2. The molecule has 0 saturated heterocycles. The fourth-order valence-electron chi connectivity index (χ4n) is 8.05. The Labute approximate surface area is 426 Å². The van der Waals surface area contributed by atoms with Crippen molar-refractivity contribution in [2.75, 3.05) is 13.2 Å². The van der Waals surface area contributed by atoms with E-state index in [0.717, 1.165) is 89.9 Å². The van der Waals surface area contributed by atoms with E-state index >= 15 is 0 Å². The van der Waals surface area contributed by atoms with Crippen molar-refractivity contribution in [3.05, 3.63) is 85.1 Å². The third-order valence-electron chi connectivity index (χ3n) is 12.5. The van der Waals surface area contributed by atoms with E-state index in [1.54, 1.807) is 0 Å². The van der Waals surface area contributed by atoms with Crippen molar-refractivity contribution in [1.82, 2.24) is 0 Å². The van der Waals surface area contributed by atoms with Gasteiger partial charge in [0.15, 0.2) is 6.10 Å². The minimum Gasteiger partial charge on any atom is -0.462 e. The molecule has 0 aliphatic heterocycles. The van der Waals surface area contributed by atoms with E-state index in [0.29, 0.717) is 19.3 Å². The summed E-state index contributed by atoms with van der Waals surface area (Å²) in [5.74, 6) is -0.921. The van der Waals surface area contributed by atoms with Gasteiger partial charge in [0.2, 0.25) is 0 Å². The molecule has 0 bridgehead atoms. The molecule has 0 N–H and O–H groups in total. The second-order valence-corrected chi connectivity index (χ2v) is 19.3. The molecule has 6 heteroatoms. The number of hydrogen-bond donors (Lipinski definition) is 0. The summed E-state index contributed by atoms with van der Waals surface area (Å²) in [6.45, 7) is 6.53. The largest absolute Gasteiger partial charge is 0.462 e. The molecule has 0 radical (unpaired) electrons. The maximum atomic E-state index is 12.9. The Morgan fingerprint density at radius 3 is 0.913 bits per heavy atom. The number of rotatable bonds is 52. The summed E-state index contributed by atoms with van der Waals surface area (Å²) in [6, 6.07) is 0. The zero-order valence-corrected chi connectivity index (χ0v) is 45.3. The van der Waals surface area contributed by atoms with Crippen LogP contribution in [-0.2, 0) is 28.6 Å². The Bertz CT molecular complexity index is 1330. The molecule has 69 heavy (non-hydrogen) atoms. The van der Waals surface area contributed by atoms with Crippen LogP contribution < -0.4 is 0 Å². The van der Waals surface area contributed by atoms with Crippen molar-refractivity contribution in [1.29, 1.82) is 0 Å². The molecular formula is C63H108O6. The molecule has 1 atom stereocenters. The first-order valence-corrected chi connectivity index (χ1v) is 29.2.